The Morgan fingerprint density at radius 1 is 0.622 bits per heavy atom. The molecule has 0 heterocycles. The van der Waals surface area contributed by atoms with E-state index in [1.165, 1.54) is 54.6 Å². The van der Waals surface area contributed by atoms with E-state index in [1.807, 2.05) is 6.08 Å². The molecule has 0 fully saturated rings. The predicted molar refractivity (Wildman–Crippen MR) is 157 cm³/mol. The maximum atomic E-state index is 9.29. The molecular weight excluding hydrogens is 446 g/mol. The van der Waals surface area contributed by atoms with Gasteiger partial charge in [0.05, 0.1) is 6.07 Å². The second kappa shape index (κ2) is 9.61. The molecule has 0 amide bonds. The lowest BCUT2D eigenvalue weighted by molar-refractivity contribution is 1.26. The van der Waals surface area contributed by atoms with Crippen LogP contribution in [-0.4, -0.2) is 0 Å². The van der Waals surface area contributed by atoms with Crippen molar-refractivity contribution in [3.63, 3.8) is 0 Å². The van der Waals surface area contributed by atoms with Crippen LogP contribution in [0.15, 0.2) is 140 Å². The molecule has 0 aliphatic carbocycles. The normalized spacial score (nSPS) is 11.6. The minimum atomic E-state index is 0.597. The molecule has 6 rings (SSSR count). The van der Waals surface area contributed by atoms with Crippen LogP contribution in [0.25, 0.3) is 54.6 Å². The van der Waals surface area contributed by atoms with Crippen LogP contribution in [0, 0.1) is 11.3 Å². The molecule has 0 bridgehead atoms. The third kappa shape index (κ3) is 4.10. The average Bonchev–Trinajstić information content (AvgIpc) is 2.96. The van der Waals surface area contributed by atoms with E-state index >= 15 is 0 Å². The molecule has 0 saturated carbocycles. The lowest BCUT2D eigenvalue weighted by Gasteiger charge is -2.19. The molecule has 0 radical (unpaired) electrons. The van der Waals surface area contributed by atoms with Gasteiger partial charge in [-0.3, -0.25) is 0 Å². The Labute approximate surface area is 217 Å². The van der Waals surface area contributed by atoms with Crippen LogP contribution in [0.5, 0.6) is 0 Å². The molecule has 0 saturated heterocycles. The fourth-order valence-electron chi connectivity index (χ4n) is 5.35. The SMILES string of the molecule is C=C/C(C#N)=C\Cc1cccc(-c2c3ccccc3c(-c3ccccc3)c3cc4ccccc4cc23)c1. The highest BCUT2D eigenvalue weighted by molar-refractivity contribution is 6.23. The quantitative estimate of drug-likeness (QED) is 0.139. The highest BCUT2D eigenvalue weighted by atomic mass is 14.2. The number of benzene rings is 6. The van der Waals surface area contributed by atoms with Crippen LogP contribution >= 0.6 is 0 Å². The van der Waals surface area contributed by atoms with Crippen molar-refractivity contribution in [1.29, 1.82) is 5.26 Å². The van der Waals surface area contributed by atoms with E-state index in [0.29, 0.717) is 12.0 Å². The predicted octanol–water partition coefficient (Wildman–Crippen LogP) is 9.66. The third-order valence-electron chi connectivity index (χ3n) is 7.08. The molecular formula is C36H25N. The fraction of sp³-hybridized carbons (Fsp3) is 0.0278. The Hall–Kier alpha value is -4.93. The number of allylic oxidation sites excluding steroid dienone is 3. The Bertz CT molecular complexity index is 1870. The van der Waals surface area contributed by atoms with Crippen molar-refractivity contribution in [3.8, 4) is 28.3 Å². The summed E-state index contributed by atoms with van der Waals surface area (Å²) in [5.41, 5.74) is 6.67. The highest BCUT2D eigenvalue weighted by Gasteiger charge is 2.17. The van der Waals surface area contributed by atoms with Crippen molar-refractivity contribution >= 4 is 32.3 Å². The van der Waals surface area contributed by atoms with Crippen molar-refractivity contribution in [2.75, 3.05) is 0 Å². The molecule has 1 heteroatoms. The minimum absolute atomic E-state index is 0.597. The number of fused-ring (bicyclic) bond motifs is 3. The third-order valence-corrected chi connectivity index (χ3v) is 7.08. The van der Waals surface area contributed by atoms with E-state index in [1.54, 1.807) is 6.08 Å². The van der Waals surface area contributed by atoms with Crippen LogP contribution in [0.3, 0.4) is 0 Å². The van der Waals surface area contributed by atoms with Crippen LogP contribution < -0.4 is 0 Å². The summed E-state index contributed by atoms with van der Waals surface area (Å²) in [6, 6.07) is 43.6. The number of rotatable bonds is 5. The molecule has 174 valence electrons. The van der Waals surface area contributed by atoms with Gasteiger partial charge in [0.15, 0.2) is 0 Å². The van der Waals surface area contributed by atoms with E-state index in [-0.39, 0.29) is 0 Å². The van der Waals surface area contributed by atoms with Gasteiger partial charge in [0.1, 0.15) is 0 Å². The van der Waals surface area contributed by atoms with Crippen molar-refractivity contribution < 1.29 is 0 Å². The lowest BCUT2D eigenvalue weighted by atomic mass is 9.84. The van der Waals surface area contributed by atoms with Crippen molar-refractivity contribution in [1.82, 2.24) is 0 Å². The molecule has 0 unspecified atom stereocenters. The van der Waals surface area contributed by atoms with Gasteiger partial charge in [-0.25, -0.2) is 0 Å². The first kappa shape index (κ1) is 22.5. The molecule has 0 aliphatic rings. The monoisotopic (exact) mass is 471 g/mol. The van der Waals surface area contributed by atoms with Gasteiger partial charge in [-0.2, -0.15) is 5.26 Å². The Balaban J connectivity index is 1.71. The van der Waals surface area contributed by atoms with Crippen LogP contribution in [0.4, 0.5) is 0 Å². The molecule has 0 aromatic heterocycles. The Kier molecular flexibility index (Phi) is 5.85. The summed E-state index contributed by atoms with van der Waals surface area (Å²) >= 11 is 0. The summed E-state index contributed by atoms with van der Waals surface area (Å²) < 4.78 is 0. The summed E-state index contributed by atoms with van der Waals surface area (Å²) in [7, 11) is 0. The van der Waals surface area contributed by atoms with Gasteiger partial charge in [-0.05, 0) is 78.7 Å². The number of nitriles is 1. The fourth-order valence-corrected chi connectivity index (χ4v) is 5.35. The Morgan fingerprint density at radius 2 is 1.19 bits per heavy atom. The molecule has 0 aliphatic heterocycles. The largest absolute Gasteiger partial charge is 0.192 e. The van der Waals surface area contributed by atoms with E-state index in [2.05, 4.69) is 128 Å². The molecule has 1 nitrogen and oxygen atoms in total. The van der Waals surface area contributed by atoms with Crippen molar-refractivity contribution in [3.05, 3.63) is 145 Å². The summed E-state index contributed by atoms with van der Waals surface area (Å²) in [6.45, 7) is 3.74. The van der Waals surface area contributed by atoms with E-state index in [4.69, 9.17) is 0 Å². The van der Waals surface area contributed by atoms with Gasteiger partial charge >= 0.3 is 0 Å². The zero-order chi connectivity index (χ0) is 25.2. The topological polar surface area (TPSA) is 23.8 Å². The van der Waals surface area contributed by atoms with Gasteiger partial charge in [0.2, 0.25) is 0 Å². The summed E-state index contributed by atoms with van der Waals surface area (Å²) in [6.07, 6.45) is 4.23. The Morgan fingerprint density at radius 3 is 1.81 bits per heavy atom. The molecule has 6 aromatic carbocycles. The molecule has 37 heavy (non-hydrogen) atoms. The zero-order valence-electron chi connectivity index (χ0n) is 20.5. The molecule has 6 aromatic rings. The van der Waals surface area contributed by atoms with Gasteiger partial charge in [0, 0.05) is 5.57 Å². The standard InChI is InChI=1S/C36H25N/c1-2-25(24-37)19-20-26-11-10-16-30(21-26)36-32-18-9-8-17-31(32)35(27-12-4-3-5-13-27)33-22-28-14-6-7-15-29(28)23-34(33)36/h2-19,21-23H,1,20H2/b25-19+. The van der Waals surface area contributed by atoms with Gasteiger partial charge in [-0.15, -0.1) is 0 Å². The summed E-state index contributed by atoms with van der Waals surface area (Å²) in [5, 5.41) is 16.7. The van der Waals surface area contributed by atoms with Gasteiger partial charge in [0.25, 0.3) is 0 Å². The highest BCUT2D eigenvalue weighted by Crippen LogP contribution is 2.44. The smallest absolute Gasteiger partial charge is 0.0988 e. The van der Waals surface area contributed by atoms with E-state index < -0.39 is 0 Å². The van der Waals surface area contributed by atoms with E-state index in [9.17, 15) is 5.26 Å². The zero-order valence-corrected chi connectivity index (χ0v) is 20.5. The molecule has 0 atom stereocenters. The second-order valence-electron chi connectivity index (χ2n) is 9.29. The molecule has 0 N–H and O–H groups in total. The first-order chi connectivity index (χ1) is 18.3. The van der Waals surface area contributed by atoms with Crippen molar-refractivity contribution in [2.45, 2.75) is 6.42 Å². The lowest BCUT2D eigenvalue weighted by Crippen LogP contribution is -1.92. The van der Waals surface area contributed by atoms with Crippen LogP contribution in [0.2, 0.25) is 0 Å². The second-order valence-corrected chi connectivity index (χ2v) is 9.29. The van der Waals surface area contributed by atoms with Crippen molar-refractivity contribution in [2.24, 2.45) is 0 Å². The van der Waals surface area contributed by atoms with Crippen LogP contribution in [-0.2, 0) is 6.42 Å². The minimum Gasteiger partial charge on any atom is -0.192 e. The van der Waals surface area contributed by atoms with Gasteiger partial charge in [-0.1, -0.05) is 122 Å². The van der Waals surface area contributed by atoms with E-state index in [0.717, 1.165) is 5.56 Å². The maximum absolute atomic E-state index is 9.29. The first-order valence-electron chi connectivity index (χ1n) is 12.5. The number of hydrogen-bond acceptors (Lipinski definition) is 1. The average molecular weight is 472 g/mol. The maximum Gasteiger partial charge on any atom is 0.0988 e. The number of hydrogen-bond donors (Lipinski definition) is 0. The number of nitrogens with zero attached hydrogens (tertiary/aromatic N) is 1. The molecule has 0 spiro atoms. The van der Waals surface area contributed by atoms with Crippen LogP contribution in [0.1, 0.15) is 5.56 Å². The summed E-state index contributed by atoms with van der Waals surface area (Å²) in [5.74, 6) is 0. The first-order valence-corrected chi connectivity index (χ1v) is 12.5. The summed E-state index contributed by atoms with van der Waals surface area (Å²) in [4.78, 5) is 0. The van der Waals surface area contributed by atoms with Gasteiger partial charge < -0.3 is 0 Å².